The lowest BCUT2D eigenvalue weighted by Crippen LogP contribution is -2.36. The van der Waals surface area contributed by atoms with Crippen LogP contribution < -0.4 is 10.6 Å². The Bertz CT molecular complexity index is 448. The molecule has 1 heterocycles. The molecule has 4 nitrogen and oxygen atoms in total. The van der Waals surface area contributed by atoms with Gasteiger partial charge in [-0.25, -0.2) is 9.18 Å². The van der Waals surface area contributed by atoms with E-state index in [1.54, 1.807) is 12.1 Å². The molecular weight excluding hydrogens is 271 g/mol. The smallest absolute Gasteiger partial charge is 0.315 e. The first-order valence-electron chi connectivity index (χ1n) is 7.62. The monoisotopic (exact) mass is 294 g/mol. The van der Waals surface area contributed by atoms with Crippen molar-refractivity contribution in [3.05, 3.63) is 35.6 Å². The maximum atomic E-state index is 13.0. The zero-order chi connectivity index (χ0) is 14.9. The van der Waals surface area contributed by atoms with E-state index < -0.39 is 0 Å². The molecule has 0 saturated carbocycles. The highest BCUT2D eigenvalue weighted by Crippen LogP contribution is 2.16. The van der Waals surface area contributed by atoms with E-state index in [0.29, 0.717) is 19.2 Å². The van der Waals surface area contributed by atoms with Crippen LogP contribution in [0.4, 0.5) is 9.18 Å². The molecule has 2 N–H and O–H groups in total. The third-order valence-corrected chi connectivity index (χ3v) is 3.60. The second-order valence-electron chi connectivity index (χ2n) is 5.37. The summed E-state index contributed by atoms with van der Waals surface area (Å²) < 4.78 is 18.6. The fourth-order valence-corrected chi connectivity index (χ4v) is 2.46. The van der Waals surface area contributed by atoms with Gasteiger partial charge in [-0.15, -0.1) is 0 Å². The van der Waals surface area contributed by atoms with Gasteiger partial charge < -0.3 is 15.4 Å². The van der Waals surface area contributed by atoms with Gasteiger partial charge in [0.2, 0.25) is 0 Å². The van der Waals surface area contributed by atoms with Crippen LogP contribution in [0.2, 0.25) is 0 Å². The number of rotatable bonds is 6. The SMILES string of the molecule is O=C(NCCC[C@@H]1CCCCO1)NCc1cccc(F)c1. The van der Waals surface area contributed by atoms with Crippen LogP contribution in [0.5, 0.6) is 0 Å². The number of nitrogens with one attached hydrogen (secondary N) is 2. The molecule has 116 valence electrons. The highest BCUT2D eigenvalue weighted by Gasteiger charge is 2.13. The largest absolute Gasteiger partial charge is 0.378 e. The Hall–Kier alpha value is -1.62. The van der Waals surface area contributed by atoms with Crippen LogP contribution in [-0.4, -0.2) is 25.3 Å². The van der Waals surface area contributed by atoms with Crippen LogP contribution in [-0.2, 0) is 11.3 Å². The molecule has 0 unspecified atom stereocenters. The topological polar surface area (TPSA) is 50.4 Å². The number of carbonyl (C=O) groups is 1. The third-order valence-electron chi connectivity index (χ3n) is 3.60. The van der Waals surface area contributed by atoms with Crippen LogP contribution in [0.15, 0.2) is 24.3 Å². The Morgan fingerprint density at radius 1 is 1.33 bits per heavy atom. The first-order valence-corrected chi connectivity index (χ1v) is 7.62. The van der Waals surface area contributed by atoms with E-state index in [1.165, 1.54) is 18.6 Å². The Morgan fingerprint density at radius 2 is 2.24 bits per heavy atom. The Kier molecular flexibility index (Phi) is 6.47. The molecule has 0 radical (unpaired) electrons. The average Bonchev–Trinajstić information content (AvgIpc) is 2.51. The molecule has 2 rings (SSSR count). The van der Waals surface area contributed by atoms with Gasteiger partial charge in [0.25, 0.3) is 0 Å². The van der Waals surface area contributed by atoms with Crippen molar-refractivity contribution in [2.24, 2.45) is 0 Å². The maximum absolute atomic E-state index is 13.0. The first kappa shape index (κ1) is 15.8. The van der Waals surface area contributed by atoms with Crippen molar-refractivity contribution in [3.8, 4) is 0 Å². The lowest BCUT2D eigenvalue weighted by Gasteiger charge is -2.22. The molecular formula is C16H23FN2O2. The molecule has 0 bridgehead atoms. The van der Waals surface area contributed by atoms with Crippen molar-refractivity contribution < 1.29 is 13.9 Å². The number of ether oxygens (including phenoxy) is 1. The van der Waals surface area contributed by atoms with E-state index in [-0.39, 0.29) is 11.8 Å². The van der Waals surface area contributed by atoms with Crippen molar-refractivity contribution in [1.29, 1.82) is 0 Å². The molecule has 2 amide bonds. The van der Waals surface area contributed by atoms with Crippen LogP contribution in [0.1, 0.15) is 37.7 Å². The summed E-state index contributed by atoms with van der Waals surface area (Å²) in [7, 11) is 0. The summed E-state index contributed by atoms with van der Waals surface area (Å²) in [6.07, 6.45) is 5.80. The first-order chi connectivity index (χ1) is 10.2. The predicted molar refractivity (Wildman–Crippen MR) is 79.5 cm³/mol. The van der Waals surface area contributed by atoms with Crippen LogP contribution >= 0.6 is 0 Å². The van der Waals surface area contributed by atoms with E-state index in [1.807, 2.05) is 0 Å². The van der Waals surface area contributed by atoms with E-state index >= 15 is 0 Å². The van der Waals surface area contributed by atoms with Crippen molar-refractivity contribution in [2.45, 2.75) is 44.8 Å². The van der Waals surface area contributed by atoms with Gasteiger partial charge in [-0.1, -0.05) is 12.1 Å². The molecule has 0 spiro atoms. The Labute approximate surface area is 125 Å². The minimum atomic E-state index is -0.290. The quantitative estimate of drug-likeness (QED) is 0.793. The van der Waals surface area contributed by atoms with Gasteiger partial charge in [-0.2, -0.15) is 0 Å². The molecule has 1 aromatic carbocycles. The normalized spacial score (nSPS) is 18.2. The second-order valence-corrected chi connectivity index (χ2v) is 5.37. The van der Waals surface area contributed by atoms with E-state index in [4.69, 9.17) is 4.74 Å². The van der Waals surface area contributed by atoms with Gasteiger partial charge in [0.05, 0.1) is 6.10 Å². The lowest BCUT2D eigenvalue weighted by molar-refractivity contribution is 0.0103. The molecule has 1 fully saturated rings. The fraction of sp³-hybridized carbons (Fsp3) is 0.562. The molecule has 1 saturated heterocycles. The van der Waals surface area contributed by atoms with Gasteiger partial charge in [0.15, 0.2) is 0 Å². The predicted octanol–water partition coefficient (Wildman–Crippen LogP) is 2.97. The fourth-order valence-electron chi connectivity index (χ4n) is 2.46. The number of hydrogen-bond donors (Lipinski definition) is 2. The third kappa shape index (κ3) is 6.12. The summed E-state index contributed by atoms with van der Waals surface area (Å²) in [6, 6.07) is 6.00. The van der Waals surface area contributed by atoms with Crippen molar-refractivity contribution in [1.82, 2.24) is 10.6 Å². The van der Waals surface area contributed by atoms with Crippen LogP contribution in [0.25, 0.3) is 0 Å². The van der Waals surface area contributed by atoms with Gasteiger partial charge in [-0.05, 0) is 49.8 Å². The van der Waals surface area contributed by atoms with Crippen LogP contribution in [0, 0.1) is 5.82 Å². The lowest BCUT2D eigenvalue weighted by atomic mass is 10.0. The van der Waals surface area contributed by atoms with Gasteiger partial charge in [0.1, 0.15) is 5.82 Å². The van der Waals surface area contributed by atoms with E-state index in [9.17, 15) is 9.18 Å². The summed E-state index contributed by atoms with van der Waals surface area (Å²) in [5.41, 5.74) is 0.751. The molecule has 21 heavy (non-hydrogen) atoms. The summed E-state index contributed by atoms with van der Waals surface area (Å²) in [6.45, 7) is 1.83. The summed E-state index contributed by atoms with van der Waals surface area (Å²) in [5, 5.41) is 5.52. The molecule has 1 aliphatic rings. The van der Waals surface area contributed by atoms with Crippen molar-refractivity contribution in [2.75, 3.05) is 13.2 Å². The standard InChI is InChI=1S/C16H23FN2O2/c17-14-6-3-5-13(11-14)12-19-16(20)18-9-4-8-15-7-1-2-10-21-15/h3,5-6,11,15H,1-2,4,7-10,12H2,(H2,18,19,20)/t15-/m0/s1. The average molecular weight is 294 g/mol. The molecule has 1 aromatic rings. The van der Waals surface area contributed by atoms with Gasteiger partial charge in [0, 0.05) is 19.7 Å². The van der Waals surface area contributed by atoms with E-state index in [0.717, 1.165) is 37.9 Å². The van der Waals surface area contributed by atoms with Gasteiger partial charge in [-0.3, -0.25) is 0 Å². The highest BCUT2D eigenvalue weighted by molar-refractivity contribution is 5.73. The number of amides is 2. The summed E-state index contributed by atoms with van der Waals surface area (Å²) in [5.74, 6) is -0.290. The molecule has 1 atom stereocenters. The zero-order valence-electron chi connectivity index (χ0n) is 12.2. The Balaban J connectivity index is 1.55. The highest BCUT2D eigenvalue weighted by atomic mass is 19.1. The second kappa shape index (κ2) is 8.62. The summed E-state index contributed by atoms with van der Waals surface area (Å²) >= 11 is 0. The number of urea groups is 1. The Morgan fingerprint density at radius 3 is 3.00 bits per heavy atom. The molecule has 0 aliphatic carbocycles. The number of hydrogen-bond acceptors (Lipinski definition) is 2. The van der Waals surface area contributed by atoms with E-state index in [2.05, 4.69) is 10.6 Å². The maximum Gasteiger partial charge on any atom is 0.315 e. The number of carbonyl (C=O) groups excluding carboxylic acids is 1. The number of halogens is 1. The molecule has 1 aliphatic heterocycles. The minimum absolute atomic E-state index is 0.219. The molecule has 0 aromatic heterocycles. The van der Waals surface area contributed by atoms with Crippen LogP contribution in [0.3, 0.4) is 0 Å². The number of benzene rings is 1. The van der Waals surface area contributed by atoms with Gasteiger partial charge >= 0.3 is 6.03 Å². The zero-order valence-corrected chi connectivity index (χ0v) is 12.2. The van der Waals surface area contributed by atoms with Crippen molar-refractivity contribution in [3.63, 3.8) is 0 Å². The van der Waals surface area contributed by atoms with Crippen molar-refractivity contribution >= 4 is 6.03 Å². The molecule has 5 heteroatoms. The minimum Gasteiger partial charge on any atom is -0.378 e. The summed E-state index contributed by atoms with van der Waals surface area (Å²) in [4.78, 5) is 11.6.